The van der Waals surface area contributed by atoms with Crippen LogP contribution < -0.4 is 45.3 Å². The highest BCUT2D eigenvalue weighted by atomic mass is 35.5. The molecule has 9 aromatic heterocycles. The second-order valence-electron chi connectivity index (χ2n) is 22.0. The molecule has 0 aliphatic carbocycles. The molecule has 0 saturated carbocycles. The van der Waals surface area contributed by atoms with Crippen LogP contribution in [-0.2, 0) is 4.74 Å². The van der Waals surface area contributed by atoms with Crippen LogP contribution in [0.3, 0.4) is 0 Å². The number of methoxy groups -OCH3 is 3. The number of anilines is 5. The quantitative estimate of drug-likeness (QED) is 0.140. The Bertz CT molecular complexity index is 3990. The normalized spacial score (nSPS) is 15.3. The average Bonchev–Trinajstić information content (AvgIpc) is 2.14. The second-order valence-corrected chi connectivity index (χ2v) is 22.4. The molecule has 4 saturated heterocycles. The van der Waals surface area contributed by atoms with Crippen LogP contribution in [0.15, 0.2) is 74.4 Å². The van der Waals surface area contributed by atoms with Gasteiger partial charge in [0.15, 0.2) is 17.5 Å². The van der Waals surface area contributed by atoms with Crippen LogP contribution >= 0.6 is 11.6 Å². The smallest absolute Gasteiger partial charge is 0.410 e. The van der Waals surface area contributed by atoms with Gasteiger partial charge in [0.1, 0.15) is 39.5 Å². The maximum atomic E-state index is 12.7. The summed E-state index contributed by atoms with van der Waals surface area (Å²) in [6.45, 7) is 18.2. The molecule has 4 amide bonds. The Morgan fingerprint density at radius 2 is 0.882 bits per heavy atom. The Morgan fingerprint density at radius 1 is 0.506 bits per heavy atom. The van der Waals surface area contributed by atoms with Crippen molar-refractivity contribution in [2.75, 3.05) is 99.4 Å². The molecular weight excluding hydrogens is 1120 g/mol. The van der Waals surface area contributed by atoms with Gasteiger partial charge in [0.2, 0.25) is 16.9 Å². The summed E-state index contributed by atoms with van der Waals surface area (Å²) in [6.07, 6.45) is 18.9. The van der Waals surface area contributed by atoms with E-state index in [-0.39, 0.29) is 39.7 Å². The van der Waals surface area contributed by atoms with Crippen LogP contribution in [0.1, 0.15) is 69.3 Å². The van der Waals surface area contributed by atoms with Gasteiger partial charge in [0.25, 0.3) is 35.4 Å². The van der Waals surface area contributed by atoms with Gasteiger partial charge in [-0.3, -0.25) is 27.6 Å². The number of imidazole rings is 3. The van der Waals surface area contributed by atoms with E-state index in [1.165, 1.54) is 46.1 Å². The molecule has 0 bridgehead atoms. The summed E-state index contributed by atoms with van der Waals surface area (Å²) in [7, 11) is 4.51. The molecule has 4 N–H and O–H groups in total. The minimum absolute atomic E-state index is 0.0731. The number of amides is 4. The molecule has 9 aromatic rings. The van der Waals surface area contributed by atoms with Crippen molar-refractivity contribution in [2.24, 2.45) is 10.8 Å². The summed E-state index contributed by atoms with van der Waals surface area (Å²) in [5.74, 6) is 2.16. The molecule has 440 valence electrons. The molecule has 4 aliphatic rings. The number of aromatic nitrogens is 15. The van der Waals surface area contributed by atoms with Crippen LogP contribution in [0.4, 0.5) is 33.9 Å². The first-order valence-electron chi connectivity index (χ1n) is 26.6. The predicted octanol–water partition coefficient (Wildman–Crippen LogP) is 4.39. The number of nitrogens with one attached hydrogen (secondary N) is 4. The zero-order valence-corrected chi connectivity index (χ0v) is 48.5. The number of ether oxygens (including phenoxy) is 4. The Morgan fingerprint density at radius 3 is 1.20 bits per heavy atom. The predicted molar refractivity (Wildman–Crippen MR) is 308 cm³/mol. The van der Waals surface area contributed by atoms with Gasteiger partial charge in [0, 0.05) is 81.8 Å². The molecule has 85 heavy (non-hydrogen) atoms. The Labute approximate surface area is 489 Å². The van der Waals surface area contributed by atoms with E-state index >= 15 is 0 Å². The number of carbonyl (C=O) groups is 4. The second kappa shape index (κ2) is 22.6. The summed E-state index contributed by atoms with van der Waals surface area (Å²) >= 11 is 5.64. The minimum Gasteiger partial charge on any atom is -0.478 e. The van der Waals surface area contributed by atoms with Crippen LogP contribution in [0, 0.1) is 31.6 Å². The lowest BCUT2D eigenvalue weighted by Gasteiger charge is -2.60. The van der Waals surface area contributed by atoms with Crippen LogP contribution in [0.5, 0.6) is 17.6 Å². The van der Waals surface area contributed by atoms with Gasteiger partial charge in [-0.25, -0.2) is 49.7 Å². The van der Waals surface area contributed by atoms with Gasteiger partial charge in [-0.05, 0) is 41.5 Å². The highest BCUT2D eigenvalue weighted by Crippen LogP contribution is 2.42. The van der Waals surface area contributed by atoms with Crippen molar-refractivity contribution < 1.29 is 38.1 Å². The van der Waals surface area contributed by atoms with Crippen LogP contribution in [0.25, 0.3) is 16.9 Å². The zero-order chi connectivity index (χ0) is 60.0. The minimum atomic E-state index is -0.498. The lowest BCUT2D eigenvalue weighted by atomic mass is 9.73. The number of halogens is 1. The summed E-state index contributed by atoms with van der Waals surface area (Å²) in [5.41, 5.74) is 4.70. The number of rotatable bonds is 11. The fourth-order valence-corrected chi connectivity index (χ4v) is 10.1. The molecule has 31 heteroatoms. The van der Waals surface area contributed by atoms with Crippen molar-refractivity contribution in [3.8, 4) is 17.6 Å². The number of aryl methyl sites for hydroxylation is 3. The van der Waals surface area contributed by atoms with Crippen molar-refractivity contribution in [1.82, 2.24) is 83.2 Å². The van der Waals surface area contributed by atoms with E-state index in [0.717, 1.165) is 62.2 Å². The number of nitrogens with zero attached hydrogens (tertiary/aromatic N) is 18. The van der Waals surface area contributed by atoms with E-state index in [0.29, 0.717) is 76.4 Å². The summed E-state index contributed by atoms with van der Waals surface area (Å²) in [5, 5.41) is 11.6. The maximum absolute atomic E-state index is 12.7. The van der Waals surface area contributed by atoms with Gasteiger partial charge in [-0.2, -0.15) is 15.0 Å². The Balaban J connectivity index is 0.000000136. The third kappa shape index (κ3) is 12.3. The van der Waals surface area contributed by atoms with Crippen LogP contribution in [0.2, 0.25) is 5.15 Å². The number of hydrogen-bond donors (Lipinski definition) is 4. The molecule has 4 fully saturated rings. The fraction of sp³-hybridized carbons (Fsp3) is 0.370. The summed E-state index contributed by atoms with van der Waals surface area (Å²) < 4.78 is 26.4. The average molecular weight is 1180 g/mol. The molecule has 0 aromatic carbocycles. The fourth-order valence-electron chi connectivity index (χ4n) is 10.0. The summed E-state index contributed by atoms with van der Waals surface area (Å²) in [4.78, 5) is 106. The molecule has 4 aliphatic heterocycles. The molecule has 30 nitrogen and oxygen atoms in total. The van der Waals surface area contributed by atoms with Crippen molar-refractivity contribution in [3.63, 3.8) is 0 Å². The lowest BCUT2D eigenvalue weighted by Crippen LogP contribution is -2.73. The first-order valence-corrected chi connectivity index (χ1v) is 27.0. The van der Waals surface area contributed by atoms with E-state index in [2.05, 4.69) is 90.9 Å². The van der Waals surface area contributed by atoms with E-state index in [4.69, 9.17) is 30.5 Å². The molecule has 0 atom stereocenters. The molecule has 13 rings (SSSR count). The van der Waals surface area contributed by atoms with E-state index in [9.17, 15) is 19.2 Å². The number of likely N-dealkylation sites (tertiary alicyclic amines) is 1. The molecule has 0 unspecified atom stereocenters. The van der Waals surface area contributed by atoms with Crippen molar-refractivity contribution in [2.45, 2.75) is 47.1 Å². The topological polar surface area (TPSA) is 331 Å². The number of fused-ring (bicyclic) bond motifs is 3. The Hall–Kier alpha value is -9.97. The monoisotopic (exact) mass is 1180 g/mol. The largest absolute Gasteiger partial charge is 0.478 e. The highest BCUT2D eigenvalue weighted by molar-refractivity contribution is 6.29. The van der Waals surface area contributed by atoms with Gasteiger partial charge in [-0.1, -0.05) is 11.6 Å². The van der Waals surface area contributed by atoms with Gasteiger partial charge in [0.05, 0.1) is 94.2 Å². The van der Waals surface area contributed by atoms with Crippen molar-refractivity contribution in [1.29, 1.82) is 0 Å². The number of carbonyl (C=O) groups excluding carboxylic acids is 4. The maximum Gasteiger partial charge on any atom is 0.410 e. The SMILES string of the molecule is COc1nc(NC(=O)c2cnc(Cl)cn2)cn2cc(C)nc12.COc1nc(NC(=O)c2cnc(N3CC4(CN(C(=O)OC(C)(C)C)C4)C3)cn2)cn2cc(C)nc12.COc1nc(NC(=O)c2cnc(N3CC4(CNC4)C3)cn2)cn2cc(C)nc12. The number of hydrogen-bond acceptors (Lipinski definition) is 23. The van der Waals surface area contributed by atoms with Gasteiger partial charge in [-0.15, -0.1) is 0 Å². The molecule has 2 spiro atoms. The Kier molecular flexibility index (Phi) is 15.2. The first-order chi connectivity index (χ1) is 40.7. The van der Waals surface area contributed by atoms with Crippen molar-refractivity contribution >= 4 is 81.4 Å². The molecule has 13 heterocycles. The van der Waals surface area contributed by atoms with Crippen LogP contribution in [-0.4, -0.2) is 181 Å². The third-order valence-electron chi connectivity index (χ3n) is 13.9. The standard InChI is InChI=1S/C23H28N8O4.C18H20N8O2.C13H11ClN6O2/c1-14-8-29-9-16(28-20(34-5)18(29)26-14)27-19(32)15-6-25-17(7-24-15)30-10-23(11-30)12-31(13-23)21(33)35-22(2,3)4;1-11-5-25-6-13(24-17(28-2)15(25)22-11)23-16(27)12-3-21-14(4-20-12)26-9-18(10-26)7-19-8-18;1-7-5-20-6-10(19-13(22-2)11(20)17-7)18-12(21)8-3-16-9(14)4-15-8/h6-9H,10-13H2,1-5H3,(H,27,32);3-6,19H,7-10H2,1-2H3,(H,23,27);3-6H,1-2H3,(H,18,21). The molecular formula is C54H59ClN22O8. The van der Waals surface area contributed by atoms with E-state index in [1.807, 2.05) is 53.9 Å². The van der Waals surface area contributed by atoms with Gasteiger partial charge < -0.3 is 54.9 Å². The molecule has 0 radical (unpaired) electrons. The van der Waals surface area contributed by atoms with Gasteiger partial charge >= 0.3 is 6.09 Å². The van der Waals surface area contributed by atoms with Crippen molar-refractivity contribution in [3.05, 3.63) is 114 Å². The lowest BCUT2D eigenvalue weighted by molar-refractivity contribution is -0.0455. The van der Waals surface area contributed by atoms with E-state index < -0.39 is 17.4 Å². The highest BCUT2D eigenvalue weighted by Gasteiger charge is 2.54. The third-order valence-corrected chi connectivity index (χ3v) is 14.1. The summed E-state index contributed by atoms with van der Waals surface area (Å²) in [6, 6.07) is 0. The zero-order valence-electron chi connectivity index (χ0n) is 47.8. The van der Waals surface area contributed by atoms with E-state index in [1.54, 1.807) is 55.3 Å². The first kappa shape index (κ1) is 56.9.